The van der Waals surface area contributed by atoms with E-state index in [9.17, 15) is 17.6 Å². The Labute approximate surface area is 121 Å². The van der Waals surface area contributed by atoms with E-state index in [0.29, 0.717) is 11.3 Å². The average molecular weight is 308 g/mol. The molecule has 2 aromatic rings. The highest BCUT2D eigenvalue weighted by molar-refractivity contribution is 7.89. The summed E-state index contributed by atoms with van der Waals surface area (Å²) in [5.41, 5.74) is 1.03. The second kappa shape index (κ2) is 5.63. The largest absolute Gasteiger partial charge is 0.322 e. The van der Waals surface area contributed by atoms with Crippen molar-refractivity contribution in [2.45, 2.75) is 11.8 Å². The summed E-state index contributed by atoms with van der Waals surface area (Å²) in [4.78, 5) is 11.9. The summed E-state index contributed by atoms with van der Waals surface area (Å²) in [6.07, 6.45) is 0. The van der Waals surface area contributed by atoms with Crippen LogP contribution in [-0.4, -0.2) is 14.3 Å². The minimum absolute atomic E-state index is 0.0829. The fourth-order valence-corrected chi connectivity index (χ4v) is 2.19. The molecule has 7 heteroatoms. The van der Waals surface area contributed by atoms with E-state index >= 15 is 0 Å². The maximum absolute atomic E-state index is 13.4. The molecule has 1 amide bonds. The number of hydrogen-bond donors (Lipinski definition) is 2. The van der Waals surface area contributed by atoms with Crippen molar-refractivity contribution in [3.8, 4) is 0 Å². The topological polar surface area (TPSA) is 89.3 Å². The van der Waals surface area contributed by atoms with E-state index in [-0.39, 0.29) is 10.5 Å². The molecule has 0 atom stereocenters. The van der Waals surface area contributed by atoms with E-state index in [0.717, 1.165) is 0 Å². The van der Waals surface area contributed by atoms with Gasteiger partial charge in [-0.15, -0.1) is 0 Å². The maximum atomic E-state index is 13.4. The van der Waals surface area contributed by atoms with Crippen LogP contribution in [0.5, 0.6) is 0 Å². The Morgan fingerprint density at radius 2 is 1.76 bits per heavy atom. The number of rotatable bonds is 3. The molecular weight excluding hydrogens is 295 g/mol. The van der Waals surface area contributed by atoms with Crippen LogP contribution in [0, 0.1) is 12.7 Å². The Morgan fingerprint density at radius 3 is 2.29 bits per heavy atom. The SMILES string of the molecule is Cc1ccc(NC(=O)c2ccc(S(N)(=O)=O)cc2)cc1F. The molecule has 0 radical (unpaired) electrons. The molecule has 21 heavy (non-hydrogen) atoms. The number of hydrogen-bond acceptors (Lipinski definition) is 3. The second-order valence-corrected chi connectivity index (χ2v) is 6.05. The number of halogens is 1. The Morgan fingerprint density at radius 1 is 1.14 bits per heavy atom. The summed E-state index contributed by atoms with van der Waals surface area (Å²) in [6.45, 7) is 1.62. The van der Waals surface area contributed by atoms with Crippen molar-refractivity contribution in [1.29, 1.82) is 0 Å². The number of carbonyl (C=O) groups excluding carboxylic acids is 1. The van der Waals surface area contributed by atoms with Crippen molar-refractivity contribution >= 4 is 21.6 Å². The number of anilines is 1. The Hall–Kier alpha value is -2.25. The number of aryl methyl sites for hydroxylation is 1. The molecule has 0 heterocycles. The van der Waals surface area contributed by atoms with Crippen molar-refractivity contribution < 1.29 is 17.6 Å². The van der Waals surface area contributed by atoms with E-state index in [1.165, 1.54) is 30.3 Å². The van der Waals surface area contributed by atoms with Gasteiger partial charge >= 0.3 is 0 Å². The molecule has 0 bridgehead atoms. The average Bonchev–Trinajstić information content (AvgIpc) is 2.42. The highest BCUT2D eigenvalue weighted by atomic mass is 32.2. The molecule has 2 aromatic carbocycles. The van der Waals surface area contributed by atoms with Gasteiger partial charge in [-0.3, -0.25) is 4.79 Å². The summed E-state index contributed by atoms with van der Waals surface area (Å²) in [5.74, 6) is -0.892. The lowest BCUT2D eigenvalue weighted by Crippen LogP contribution is -2.14. The van der Waals surface area contributed by atoms with Gasteiger partial charge in [-0.05, 0) is 48.9 Å². The fraction of sp³-hybridized carbons (Fsp3) is 0.0714. The quantitative estimate of drug-likeness (QED) is 0.909. The highest BCUT2D eigenvalue weighted by Crippen LogP contribution is 2.15. The van der Waals surface area contributed by atoms with Gasteiger partial charge in [0.05, 0.1) is 4.90 Å². The van der Waals surface area contributed by atoms with E-state index < -0.39 is 21.7 Å². The number of sulfonamides is 1. The lowest BCUT2D eigenvalue weighted by Gasteiger charge is -2.07. The lowest BCUT2D eigenvalue weighted by molar-refractivity contribution is 0.102. The number of nitrogens with two attached hydrogens (primary N) is 1. The number of primary sulfonamides is 1. The van der Waals surface area contributed by atoms with Gasteiger partial charge in [-0.1, -0.05) is 6.07 Å². The molecule has 110 valence electrons. The van der Waals surface area contributed by atoms with Gasteiger partial charge in [0, 0.05) is 11.3 Å². The molecule has 0 aromatic heterocycles. The molecule has 0 fully saturated rings. The van der Waals surface area contributed by atoms with Crippen LogP contribution in [0.1, 0.15) is 15.9 Å². The van der Waals surface area contributed by atoms with E-state index in [2.05, 4.69) is 5.32 Å². The summed E-state index contributed by atoms with van der Waals surface area (Å²) >= 11 is 0. The molecule has 3 N–H and O–H groups in total. The predicted molar refractivity (Wildman–Crippen MR) is 76.9 cm³/mol. The normalized spacial score (nSPS) is 11.2. The van der Waals surface area contributed by atoms with E-state index in [4.69, 9.17) is 5.14 Å². The smallest absolute Gasteiger partial charge is 0.255 e. The molecule has 0 aliphatic heterocycles. The first-order valence-corrected chi connectivity index (χ1v) is 7.52. The van der Waals surface area contributed by atoms with Gasteiger partial charge in [0.2, 0.25) is 10.0 Å². The fourth-order valence-electron chi connectivity index (χ4n) is 1.67. The molecule has 0 saturated heterocycles. The Kier molecular flexibility index (Phi) is 4.06. The van der Waals surface area contributed by atoms with Crippen LogP contribution in [0.25, 0.3) is 0 Å². The maximum Gasteiger partial charge on any atom is 0.255 e. The number of benzene rings is 2. The third kappa shape index (κ3) is 3.65. The third-order valence-electron chi connectivity index (χ3n) is 2.87. The molecule has 2 rings (SSSR count). The molecule has 0 spiro atoms. The zero-order valence-corrected chi connectivity index (χ0v) is 11.9. The van der Waals surface area contributed by atoms with Gasteiger partial charge in [-0.25, -0.2) is 17.9 Å². The Bertz CT molecular complexity index is 786. The summed E-state index contributed by atoms with van der Waals surface area (Å²) < 4.78 is 35.6. The zero-order chi connectivity index (χ0) is 15.6. The molecule has 5 nitrogen and oxygen atoms in total. The van der Waals surface area contributed by atoms with Crippen molar-refractivity contribution in [3.63, 3.8) is 0 Å². The molecule has 0 aliphatic carbocycles. The monoisotopic (exact) mass is 308 g/mol. The minimum atomic E-state index is -3.80. The summed E-state index contributed by atoms with van der Waals surface area (Å²) in [6, 6.07) is 9.48. The van der Waals surface area contributed by atoms with Crippen molar-refractivity contribution in [3.05, 3.63) is 59.4 Å². The molecule has 0 unspecified atom stereocenters. The Balaban J connectivity index is 2.18. The first-order valence-electron chi connectivity index (χ1n) is 5.98. The lowest BCUT2D eigenvalue weighted by atomic mass is 10.2. The van der Waals surface area contributed by atoms with Crippen LogP contribution in [0.15, 0.2) is 47.4 Å². The van der Waals surface area contributed by atoms with Crippen molar-refractivity contribution in [2.75, 3.05) is 5.32 Å². The van der Waals surface area contributed by atoms with E-state index in [1.807, 2.05) is 0 Å². The standard InChI is InChI=1S/C14H13FN2O3S/c1-9-2-5-11(8-13(9)15)17-14(18)10-3-6-12(7-4-10)21(16,19)20/h2-8H,1H3,(H,17,18)(H2,16,19,20). The van der Waals surface area contributed by atoms with Gasteiger partial charge in [0.15, 0.2) is 0 Å². The zero-order valence-electron chi connectivity index (χ0n) is 11.1. The number of amides is 1. The summed E-state index contributed by atoms with van der Waals surface area (Å²) in [7, 11) is -3.80. The molecule has 0 aliphatic rings. The van der Waals surface area contributed by atoms with Crippen LogP contribution in [0.2, 0.25) is 0 Å². The number of nitrogens with one attached hydrogen (secondary N) is 1. The highest BCUT2D eigenvalue weighted by Gasteiger charge is 2.11. The third-order valence-corrected chi connectivity index (χ3v) is 3.80. The molecule has 0 saturated carbocycles. The summed E-state index contributed by atoms with van der Waals surface area (Å²) in [5, 5.41) is 7.49. The second-order valence-electron chi connectivity index (χ2n) is 4.49. The van der Waals surface area contributed by atoms with Gasteiger partial charge in [0.1, 0.15) is 5.82 Å². The van der Waals surface area contributed by atoms with Crippen LogP contribution in [0.4, 0.5) is 10.1 Å². The van der Waals surface area contributed by atoms with Gasteiger partial charge < -0.3 is 5.32 Å². The van der Waals surface area contributed by atoms with Crippen LogP contribution < -0.4 is 10.5 Å². The minimum Gasteiger partial charge on any atom is -0.322 e. The van der Waals surface area contributed by atoms with Crippen LogP contribution in [-0.2, 0) is 10.0 Å². The van der Waals surface area contributed by atoms with E-state index in [1.54, 1.807) is 19.1 Å². The van der Waals surface area contributed by atoms with Gasteiger partial charge in [-0.2, -0.15) is 0 Å². The van der Waals surface area contributed by atoms with Crippen molar-refractivity contribution in [2.24, 2.45) is 5.14 Å². The first kappa shape index (κ1) is 15.1. The first-order chi connectivity index (χ1) is 9.77. The number of carbonyl (C=O) groups is 1. The van der Waals surface area contributed by atoms with Crippen LogP contribution in [0.3, 0.4) is 0 Å². The predicted octanol–water partition coefficient (Wildman–Crippen LogP) is 2.03. The van der Waals surface area contributed by atoms with Crippen molar-refractivity contribution in [1.82, 2.24) is 0 Å². The van der Waals surface area contributed by atoms with Crippen LogP contribution >= 0.6 is 0 Å². The molecular formula is C14H13FN2O3S. The van der Waals surface area contributed by atoms with Gasteiger partial charge in [0.25, 0.3) is 5.91 Å².